The third-order valence-electron chi connectivity index (χ3n) is 4.14. The Hall–Kier alpha value is -2.62. The molecule has 0 unspecified atom stereocenters. The minimum Gasteiger partial charge on any atom is -0.464 e. The Labute approximate surface area is 164 Å². The fraction of sp³-hybridized carbons (Fsp3) is 0.500. The summed E-state index contributed by atoms with van der Waals surface area (Å²) in [6.45, 7) is 3.64. The number of hydrogen-bond acceptors (Lipinski definition) is 7. The van der Waals surface area contributed by atoms with Crippen LogP contribution in [0.4, 0.5) is 5.69 Å². The third kappa shape index (κ3) is 5.00. The number of carbonyl (C=O) groups excluding carboxylic acids is 3. The van der Waals surface area contributed by atoms with Gasteiger partial charge in [-0.15, -0.1) is 0 Å². The van der Waals surface area contributed by atoms with Gasteiger partial charge in [-0.3, -0.25) is 9.10 Å². The number of carbonyl (C=O) groups is 3. The van der Waals surface area contributed by atoms with Gasteiger partial charge in [-0.2, -0.15) is 0 Å². The Bertz CT molecular complexity index is 849. The summed E-state index contributed by atoms with van der Waals surface area (Å²) in [6, 6.07) is 2.99. The molecular formula is C18H24N2O7S. The monoisotopic (exact) mass is 412 g/mol. The van der Waals surface area contributed by atoms with Crippen molar-refractivity contribution in [1.29, 1.82) is 0 Å². The summed E-state index contributed by atoms with van der Waals surface area (Å²) in [7, 11) is -3.42. The molecule has 0 spiro atoms. The normalized spacial score (nSPS) is 13.6. The SMILES string of the molecule is CCOC(=O)C(NC(=O)c1ccc2c(c1)CCCN2S(C)(=O)=O)C(=O)OCC. The van der Waals surface area contributed by atoms with Gasteiger partial charge in [0.05, 0.1) is 25.2 Å². The van der Waals surface area contributed by atoms with Crippen LogP contribution in [0.3, 0.4) is 0 Å². The maximum Gasteiger partial charge on any atom is 0.340 e. The van der Waals surface area contributed by atoms with Crippen LogP contribution in [0.2, 0.25) is 0 Å². The molecule has 1 aliphatic heterocycles. The lowest BCUT2D eigenvalue weighted by molar-refractivity contribution is -0.157. The van der Waals surface area contributed by atoms with E-state index in [1.165, 1.54) is 10.4 Å². The maximum atomic E-state index is 12.6. The standard InChI is InChI=1S/C18H24N2O7S/c1-4-26-17(22)15(18(23)27-5-2)19-16(21)13-8-9-14-12(11-13)7-6-10-20(14)28(3,24)25/h8-9,11,15H,4-7,10H2,1-3H3,(H,19,21). The number of nitrogens with one attached hydrogen (secondary N) is 1. The Morgan fingerprint density at radius 3 is 2.29 bits per heavy atom. The van der Waals surface area contributed by atoms with E-state index in [1.54, 1.807) is 26.0 Å². The van der Waals surface area contributed by atoms with Crippen molar-refractivity contribution in [3.8, 4) is 0 Å². The van der Waals surface area contributed by atoms with Gasteiger partial charge >= 0.3 is 11.9 Å². The summed E-state index contributed by atoms with van der Waals surface area (Å²) >= 11 is 0. The number of benzene rings is 1. The molecule has 2 rings (SSSR count). The van der Waals surface area contributed by atoms with E-state index in [9.17, 15) is 22.8 Å². The van der Waals surface area contributed by atoms with Crippen molar-refractivity contribution in [3.05, 3.63) is 29.3 Å². The van der Waals surface area contributed by atoms with Crippen LogP contribution in [0.1, 0.15) is 36.2 Å². The van der Waals surface area contributed by atoms with E-state index in [1.807, 2.05) is 0 Å². The van der Waals surface area contributed by atoms with Crippen LogP contribution in [0.15, 0.2) is 18.2 Å². The van der Waals surface area contributed by atoms with Crippen LogP contribution in [0.5, 0.6) is 0 Å². The summed E-state index contributed by atoms with van der Waals surface area (Å²) < 4.78 is 34.8. The molecule has 0 aromatic heterocycles. The summed E-state index contributed by atoms with van der Waals surface area (Å²) in [5.74, 6) is -2.48. The van der Waals surface area contributed by atoms with Gasteiger partial charge in [0.1, 0.15) is 0 Å². The molecule has 1 heterocycles. The molecule has 0 atom stereocenters. The molecule has 0 saturated heterocycles. The molecule has 0 aliphatic carbocycles. The molecule has 0 fully saturated rings. The van der Waals surface area contributed by atoms with Gasteiger partial charge in [0.25, 0.3) is 5.91 Å². The van der Waals surface area contributed by atoms with Crippen molar-refractivity contribution in [2.45, 2.75) is 32.7 Å². The van der Waals surface area contributed by atoms with Crippen LogP contribution >= 0.6 is 0 Å². The van der Waals surface area contributed by atoms with Gasteiger partial charge in [0, 0.05) is 12.1 Å². The lowest BCUT2D eigenvalue weighted by Gasteiger charge is -2.29. The largest absolute Gasteiger partial charge is 0.464 e. The highest BCUT2D eigenvalue weighted by Crippen LogP contribution is 2.29. The second-order valence-electron chi connectivity index (χ2n) is 6.19. The average molecular weight is 412 g/mol. The number of anilines is 1. The molecule has 28 heavy (non-hydrogen) atoms. The summed E-state index contributed by atoms with van der Waals surface area (Å²) in [4.78, 5) is 36.6. The van der Waals surface area contributed by atoms with Gasteiger partial charge < -0.3 is 14.8 Å². The first-order chi connectivity index (χ1) is 13.2. The highest BCUT2D eigenvalue weighted by Gasteiger charge is 2.32. The van der Waals surface area contributed by atoms with E-state index in [2.05, 4.69) is 5.32 Å². The van der Waals surface area contributed by atoms with Gasteiger partial charge in [-0.1, -0.05) is 0 Å². The number of fused-ring (bicyclic) bond motifs is 1. The van der Waals surface area contributed by atoms with Crippen LogP contribution in [0, 0.1) is 0 Å². The lowest BCUT2D eigenvalue weighted by atomic mass is 10.0. The number of ether oxygens (including phenoxy) is 2. The second kappa shape index (κ2) is 9.05. The Morgan fingerprint density at radius 1 is 1.14 bits per heavy atom. The van der Waals surface area contributed by atoms with Crippen molar-refractivity contribution in [2.75, 3.05) is 30.3 Å². The number of aryl methyl sites for hydroxylation is 1. The van der Waals surface area contributed by atoms with Crippen molar-refractivity contribution in [1.82, 2.24) is 5.32 Å². The first-order valence-electron chi connectivity index (χ1n) is 8.93. The quantitative estimate of drug-likeness (QED) is 0.515. The Kier molecular flexibility index (Phi) is 7.00. The Balaban J connectivity index is 2.25. The zero-order valence-electron chi connectivity index (χ0n) is 16.1. The predicted molar refractivity (Wildman–Crippen MR) is 101 cm³/mol. The highest BCUT2D eigenvalue weighted by molar-refractivity contribution is 7.92. The fourth-order valence-electron chi connectivity index (χ4n) is 2.93. The number of esters is 2. The fourth-order valence-corrected chi connectivity index (χ4v) is 3.92. The van der Waals surface area contributed by atoms with Crippen molar-refractivity contribution >= 4 is 33.6 Å². The van der Waals surface area contributed by atoms with Crippen molar-refractivity contribution < 1.29 is 32.3 Å². The van der Waals surface area contributed by atoms with Gasteiger partial charge in [0.2, 0.25) is 16.1 Å². The summed E-state index contributed by atoms with van der Waals surface area (Å²) in [5.41, 5.74) is 1.43. The van der Waals surface area contributed by atoms with Crippen LogP contribution in [-0.2, 0) is 35.5 Å². The van der Waals surface area contributed by atoms with Gasteiger partial charge in [-0.05, 0) is 50.5 Å². The molecule has 154 valence electrons. The molecule has 1 aliphatic rings. The number of hydrogen-bond donors (Lipinski definition) is 1. The lowest BCUT2D eigenvalue weighted by Crippen LogP contribution is -2.48. The first-order valence-corrected chi connectivity index (χ1v) is 10.8. The van der Waals surface area contributed by atoms with E-state index in [4.69, 9.17) is 9.47 Å². The van der Waals surface area contributed by atoms with Gasteiger partial charge in [-0.25, -0.2) is 18.0 Å². The molecule has 0 radical (unpaired) electrons. The van der Waals surface area contributed by atoms with E-state index < -0.39 is 33.9 Å². The maximum absolute atomic E-state index is 12.6. The molecular weight excluding hydrogens is 388 g/mol. The van der Waals surface area contributed by atoms with E-state index in [-0.39, 0.29) is 18.8 Å². The topological polar surface area (TPSA) is 119 Å². The van der Waals surface area contributed by atoms with Gasteiger partial charge in [0.15, 0.2) is 0 Å². The van der Waals surface area contributed by atoms with Crippen LogP contribution in [-0.4, -0.2) is 58.3 Å². The van der Waals surface area contributed by atoms with Crippen LogP contribution < -0.4 is 9.62 Å². The number of amides is 1. The molecule has 0 saturated carbocycles. The molecule has 1 amide bonds. The molecule has 9 nitrogen and oxygen atoms in total. The van der Waals surface area contributed by atoms with Crippen molar-refractivity contribution in [3.63, 3.8) is 0 Å². The molecule has 1 aromatic carbocycles. The summed E-state index contributed by atoms with van der Waals surface area (Å²) in [5, 5.41) is 2.33. The van der Waals surface area contributed by atoms with Crippen molar-refractivity contribution in [2.24, 2.45) is 0 Å². The number of rotatable bonds is 7. The number of nitrogens with zero attached hydrogens (tertiary/aromatic N) is 1. The smallest absolute Gasteiger partial charge is 0.340 e. The molecule has 1 N–H and O–H groups in total. The zero-order chi connectivity index (χ0) is 20.9. The van der Waals surface area contributed by atoms with E-state index >= 15 is 0 Å². The predicted octanol–water partition coefficient (Wildman–Crippen LogP) is 0.623. The Morgan fingerprint density at radius 2 is 1.75 bits per heavy atom. The second-order valence-corrected chi connectivity index (χ2v) is 8.10. The minimum atomic E-state index is -3.42. The third-order valence-corrected chi connectivity index (χ3v) is 5.32. The minimum absolute atomic E-state index is 0.0464. The van der Waals surface area contributed by atoms with E-state index in [0.717, 1.165) is 6.26 Å². The summed E-state index contributed by atoms with van der Waals surface area (Å²) in [6.07, 6.45) is 2.37. The van der Waals surface area contributed by atoms with E-state index in [0.29, 0.717) is 30.6 Å². The number of sulfonamides is 1. The molecule has 1 aromatic rings. The molecule has 0 bridgehead atoms. The average Bonchev–Trinajstić information content (AvgIpc) is 2.64. The molecule has 10 heteroatoms. The highest BCUT2D eigenvalue weighted by atomic mass is 32.2. The zero-order valence-corrected chi connectivity index (χ0v) is 16.9. The van der Waals surface area contributed by atoms with Crippen LogP contribution in [0.25, 0.3) is 0 Å². The first kappa shape index (κ1) is 21.7.